The summed E-state index contributed by atoms with van der Waals surface area (Å²) >= 11 is 0.287. The van der Waals surface area contributed by atoms with Crippen molar-refractivity contribution in [3.8, 4) is 0 Å². The molecule has 0 aliphatic carbocycles. The molecule has 1 heterocycles. The van der Waals surface area contributed by atoms with Crippen molar-refractivity contribution in [1.82, 2.24) is 4.90 Å². The standard InChI is InChI=1S/C17H19F7N2O4S/c1-5-26(6-2)12(27)10-8(4)9(13(28)30-7-3)11(31-10)25-14(29)15(18,19)16(20,21)17(22,23)24/h5-7H2,1-4H3,(H,25,29). The minimum Gasteiger partial charge on any atom is -0.462 e. The maximum Gasteiger partial charge on any atom is 0.460 e. The molecule has 0 spiro atoms. The van der Waals surface area contributed by atoms with Crippen LogP contribution in [0.4, 0.5) is 35.7 Å². The first-order chi connectivity index (χ1) is 14.1. The van der Waals surface area contributed by atoms with Crippen molar-refractivity contribution in [2.24, 2.45) is 0 Å². The summed E-state index contributed by atoms with van der Waals surface area (Å²) in [5.74, 6) is -17.7. The van der Waals surface area contributed by atoms with E-state index in [1.165, 1.54) is 24.1 Å². The van der Waals surface area contributed by atoms with Crippen LogP contribution < -0.4 is 5.32 Å². The fourth-order valence-corrected chi connectivity index (χ4v) is 3.57. The van der Waals surface area contributed by atoms with E-state index in [9.17, 15) is 45.1 Å². The van der Waals surface area contributed by atoms with E-state index in [2.05, 4.69) is 0 Å². The van der Waals surface area contributed by atoms with Crippen LogP contribution in [0.1, 0.15) is 46.4 Å². The lowest BCUT2D eigenvalue weighted by Crippen LogP contribution is -2.57. The molecule has 6 nitrogen and oxygen atoms in total. The lowest BCUT2D eigenvalue weighted by atomic mass is 10.1. The van der Waals surface area contributed by atoms with E-state index in [-0.39, 0.29) is 41.5 Å². The van der Waals surface area contributed by atoms with Gasteiger partial charge in [0.05, 0.1) is 17.0 Å². The van der Waals surface area contributed by atoms with E-state index in [1.807, 2.05) is 0 Å². The van der Waals surface area contributed by atoms with E-state index in [1.54, 1.807) is 13.8 Å². The SMILES string of the molecule is CCOC(=O)c1c(NC(=O)C(F)(F)C(F)(F)C(F)(F)F)sc(C(=O)N(CC)CC)c1C. The molecule has 14 heteroatoms. The number of amides is 2. The number of nitrogens with zero attached hydrogens (tertiary/aromatic N) is 1. The number of thiophene rings is 1. The lowest BCUT2D eigenvalue weighted by Gasteiger charge is -2.26. The number of rotatable bonds is 8. The highest BCUT2D eigenvalue weighted by molar-refractivity contribution is 7.18. The van der Waals surface area contributed by atoms with Crippen LogP contribution in [0.2, 0.25) is 0 Å². The van der Waals surface area contributed by atoms with Gasteiger partial charge >= 0.3 is 29.9 Å². The first-order valence-electron chi connectivity index (χ1n) is 8.81. The molecule has 0 atom stereocenters. The second kappa shape index (κ2) is 9.40. The van der Waals surface area contributed by atoms with Crippen molar-refractivity contribution in [3.63, 3.8) is 0 Å². The molecule has 0 saturated heterocycles. The average Bonchev–Trinajstić information content (AvgIpc) is 2.97. The zero-order valence-corrected chi connectivity index (χ0v) is 17.6. The Morgan fingerprint density at radius 1 is 1.00 bits per heavy atom. The predicted molar refractivity (Wildman–Crippen MR) is 96.8 cm³/mol. The lowest BCUT2D eigenvalue weighted by molar-refractivity contribution is -0.343. The number of halogens is 7. The normalized spacial score (nSPS) is 12.5. The van der Waals surface area contributed by atoms with Gasteiger partial charge in [0, 0.05) is 13.1 Å². The third kappa shape index (κ3) is 4.93. The largest absolute Gasteiger partial charge is 0.462 e. The number of carbonyl (C=O) groups excluding carboxylic acids is 3. The van der Waals surface area contributed by atoms with Gasteiger partial charge in [-0.3, -0.25) is 9.59 Å². The van der Waals surface area contributed by atoms with Gasteiger partial charge in [0.1, 0.15) is 5.00 Å². The number of esters is 1. The van der Waals surface area contributed by atoms with Gasteiger partial charge in [0.25, 0.3) is 5.91 Å². The highest BCUT2D eigenvalue weighted by Crippen LogP contribution is 2.47. The number of nitrogens with one attached hydrogen (secondary N) is 1. The number of hydrogen-bond donors (Lipinski definition) is 1. The van der Waals surface area contributed by atoms with Crippen LogP contribution in [0, 0.1) is 6.92 Å². The molecule has 1 aromatic heterocycles. The van der Waals surface area contributed by atoms with Gasteiger partial charge in [-0.25, -0.2) is 4.79 Å². The Morgan fingerprint density at radius 3 is 1.94 bits per heavy atom. The van der Waals surface area contributed by atoms with Crippen molar-refractivity contribution >= 4 is 34.1 Å². The predicted octanol–water partition coefficient (Wildman–Crippen LogP) is 4.49. The van der Waals surface area contributed by atoms with Crippen molar-refractivity contribution in [2.75, 3.05) is 25.0 Å². The van der Waals surface area contributed by atoms with E-state index < -0.39 is 46.4 Å². The average molecular weight is 480 g/mol. The Morgan fingerprint density at radius 2 is 1.52 bits per heavy atom. The Bertz CT molecular complexity index is 848. The number of carbonyl (C=O) groups is 3. The minimum absolute atomic E-state index is 0.110. The molecular formula is C17H19F7N2O4S. The molecule has 176 valence electrons. The van der Waals surface area contributed by atoms with E-state index in [0.29, 0.717) is 0 Å². The molecular weight excluding hydrogens is 461 g/mol. The van der Waals surface area contributed by atoms with Crippen LogP contribution in [0.3, 0.4) is 0 Å². The second-order valence-corrected chi connectivity index (χ2v) is 7.08. The highest BCUT2D eigenvalue weighted by atomic mass is 32.1. The van der Waals surface area contributed by atoms with Crippen LogP contribution >= 0.6 is 11.3 Å². The molecule has 0 fully saturated rings. The van der Waals surface area contributed by atoms with Gasteiger partial charge < -0.3 is 15.0 Å². The van der Waals surface area contributed by atoms with Crippen molar-refractivity contribution in [1.29, 1.82) is 0 Å². The number of ether oxygens (including phenoxy) is 1. The highest BCUT2D eigenvalue weighted by Gasteiger charge is 2.76. The van der Waals surface area contributed by atoms with Gasteiger partial charge in [0.2, 0.25) is 0 Å². The summed E-state index contributed by atoms with van der Waals surface area (Å²) in [4.78, 5) is 37.6. The zero-order valence-electron chi connectivity index (χ0n) is 16.8. The van der Waals surface area contributed by atoms with Gasteiger partial charge in [-0.2, -0.15) is 30.7 Å². The summed E-state index contributed by atoms with van der Waals surface area (Å²) < 4.78 is 95.5. The summed E-state index contributed by atoms with van der Waals surface area (Å²) in [5, 5.41) is 0.426. The molecule has 31 heavy (non-hydrogen) atoms. The fraction of sp³-hybridized carbons (Fsp3) is 0.588. The summed E-state index contributed by atoms with van der Waals surface area (Å²) in [6.07, 6.45) is -6.72. The topological polar surface area (TPSA) is 75.7 Å². The molecule has 0 saturated carbocycles. The van der Waals surface area contributed by atoms with Gasteiger partial charge in [0.15, 0.2) is 0 Å². The molecule has 1 aromatic rings. The maximum atomic E-state index is 13.7. The van der Waals surface area contributed by atoms with Crippen LogP contribution in [0.5, 0.6) is 0 Å². The molecule has 1 N–H and O–H groups in total. The molecule has 1 rings (SSSR count). The maximum absolute atomic E-state index is 13.7. The van der Waals surface area contributed by atoms with Crippen LogP contribution in [-0.4, -0.2) is 60.4 Å². The van der Waals surface area contributed by atoms with Crippen molar-refractivity contribution < 1.29 is 49.9 Å². The quantitative estimate of drug-likeness (QED) is 0.440. The number of anilines is 1. The van der Waals surface area contributed by atoms with Gasteiger partial charge in [-0.15, -0.1) is 11.3 Å². The Kier molecular flexibility index (Phi) is 8.09. The molecule has 0 radical (unpaired) electrons. The Hall–Kier alpha value is -2.38. The molecule has 0 aliphatic heterocycles. The van der Waals surface area contributed by atoms with Gasteiger partial charge in [-0.1, -0.05) is 0 Å². The molecule has 0 bridgehead atoms. The van der Waals surface area contributed by atoms with Crippen LogP contribution in [0.15, 0.2) is 0 Å². The van der Waals surface area contributed by atoms with Gasteiger partial charge in [-0.05, 0) is 33.3 Å². The summed E-state index contributed by atoms with van der Waals surface area (Å²) in [6.45, 7) is 6.09. The number of hydrogen-bond acceptors (Lipinski definition) is 5. The smallest absolute Gasteiger partial charge is 0.460 e. The monoisotopic (exact) mass is 480 g/mol. The second-order valence-electron chi connectivity index (χ2n) is 6.06. The van der Waals surface area contributed by atoms with Crippen molar-refractivity contribution in [2.45, 2.75) is 45.7 Å². The fourth-order valence-electron chi connectivity index (χ4n) is 2.41. The summed E-state index contributed by atoms with van der Waals surface area (Å²) in [6, 6.07) is 0. The molecule has 0 aromatic carbocycles. The molecule has 2 amide bonds. The number of alkyl halides is 7. The summed E-state index contributed by atoms with van der Waals surface area (Å²) in [5.41, 5.74) is -0.705. The molecule has 0 aliphatic rings. The Balaban J connectivity index is 3.50. The van der Waals surface area contributed by atoms with Crippen molar-refractivity contribution in [3.05, 3.63) is 16.0 Å². The van der Waals surface area contributed by atoms with E-state index in [0.717, 1.165) is 0 Å². The third-order valence-corrected chi connectivity index (χ3v) is 5.33. The first kappa shape index (κ1) is 26.7. The zero-order chi connectivity index (χ0) is 24.4. The van der Waals surface area contributed by atoms with Crippen LogP contribution in [-0.2, 0) is 9.53 Å². The first-order valence-corrected chi connectivity index (χ1v) is 9.63. The van der Waals surface area contributed by atoms with Crippen LogP contribution in [0.25, 0.3) is 0 Å². The molecule has 0 unspecified atom stereocenters. The minimum atomic E-state index is -6.72. The van der Waals surface area contributed by atoms with E-state index >= 15 is 0 Å². The third-order valence-electron chi connectivity index (χ3n) is 4.13. The summed E-state index contributed by atoms with van der Waals surface area (Å²) in [7, 11) is 0. The van der Waals surface area contributed by atoms with E-state index in [4.69, 9.17) is 4.74 Å². The Labute approximate surface area is 176 Å².